The Balaban J connectivity index is 0.00000242. The molecule has 0 aliphatic heterocycles. The molecule has 0 aromatic carbocycles. The Labute approximate surface area is 147 Å². The fraction of sp³-hybridized carbons (Fsp3) is 0.429. The third-order valence-corrected chi connectivity index (χ3v) is 3.28. The molecule has 0 fully saturated rings. The number of hydrogen-bond donors (Lipinski definition) is 3. The van der Waals surface area contributed by atoms with Crippen molar-refractivity contribution in [2.24, 2.45) is 19.1 Å². The molecule has 8 heteroatoms. The first kappa shape index (κ1) is 18.5. The van der Waals surface area contributed by atoms with E-state index in [2.05, 4.69) is 20.7 Å². The summed E-state index contributed by atoms with van der Waals surface area (Å²) < 4.78 is 3.71. The van der Waals surface area contributed by atoms with Crippen molar-refractivity contribution >= 4 is 29.9 Å². The normalized spacial score (nSPS) is 12.6. The van der Waals surface area contributed by atoms with Gasteiger partial charge in [-0.15, -0.1) is 24.0 Å². The molecule has 0 saturated carbocycles. The van der Waals surface area contributed by atoms with E-state index in [1.807, 2.05) is 37.0 Å². The summed E-state index contributed by atoms with van der Waals surface area (Å²) in [6, 6.07) is 4.05. The van der Waals surface area contributed by atoms with Crippen molar-refractivity contribution in [3.63, 3.8) is 0 Å². The number of aliphatic hydroxyl groups excluding tert-OH is 1. The topological polar surface area (TPSA) is 79.4 Å². The van der Waals surface area contributed by atoms with E-state index in [0.717, 1.165) is 11.3 Å². The average Bonchev–Trinajstić information content (AvgIpc) is 3.08. The van der Waals surface area contributed by atoms with Gasteiger partial charge in [-0.1, -0.05) is 0 Å². The van der Waals surface area contributed by atoms with Crippen LogP contribution in [0.3, 0.4) is 0 Å². The number of rotatable bonds is 5. The van der Waals surface area contributed by atoms with Crippen LogP contribution in [0.1, 0.15) is 17.4 Å². The molecule has 1 atom stereocenters. The van der Waals surface area contributed by atoms with Crippen molar-refractivity contribution in [3.8, 4) is 0 Å². The van der Waals surface area contributed by atoms with Gasteiger partial charge in [0.2, 0.25) is 0 Å². The van der Waals surface area contributed by atoms with Gasteiger partial charge in [-0.25, -0.2) is 0 Å². The van der Waals surface area contributed by atoms with E-state index in [0.29, 0.717) is 19.0 Å². The minimum absolute atomic E-state index is 0. The Morgan fingerprint density at radius 3 is 2.73 bits per heavy atom. The highest BCUT2D eigenvalue weighted by Gasteiger charge is 2.10. The van der Waals surface area contributed by atoms with Crippen LogP contribution in [0.5, 0.6) is 0 Å². The molecule has 0 bridgehead atoms. The van der Waals surface area contributed by atoms with Gasteiger partial charge in [0.05, 0.1) is 18.8 Å². The van der Waals surface area contributed by atoms with Gasteiger partial charge in [-0.2, -0.15) is 5.10 Å². The molecule has 7 nitrogen and oxygen atoms in total. The molecule has 0 amide bonds. The highest BCUT2D eigenvalue weighted by Crippen LogP contribution is 2.09. The predicted octanol–water partition coefficient (Wildman–Crippen LogP) is 0.775. The molecule has 122 valence electrons. The summed E-state index contributed by atoms with van der Waals surface area (Å²) in [7, 11) is 5.53. The number of aliphatic hydroxyl groups is 1. The zero-order valence-electron chi connectivity index (χ0n) is 13.0. The third kappa shape index (κ3) is 5.02. The fourth-order valence-electron chi connectivity index (χ4n) is 2.00. The van der Waals surface area contributed by atoms with Crippen LogP contribution in [-0.2, 0) is 20.6 Å². The molecule has 0 aliphatic rings. The smallest absolute Gasteiger partial charge is 0.191 e. The molecule has 3 N–H and O–H groups in total. The maximum atomic E-state index is 10.1. The minimum Gasteiger partial charge on any atom is -0.386 e. The van der Waals surface area contributed by atoms with Crippen molar-refractivity contribution in [2.75, 3.05) is 13.6 Å². The Hall–Kier alpha value is -1.55. The zero-order chi connectivity index (χ0) is 15.2. The molecule has 2 heterocycles. The van der Waals surface area contributed by atoms with Gasteiger partial charge < -0.3 is 20.3 Å². The van der Waals surface area contributed by atoms with Crippen molar-refractivity contribution in [1.82, 2.24) is 25.0 Å². The molecule has 1 unspecified atom stereocenters. The summed E-state index contributed by atoms with van der Waals surface area (Å²) in [4.78, 5) is 4.14. The number of aliphatic imine (C=N–C) groups is 1. The van der Waals surface area contributed by atoms with E-state index in [-0.39, 0.29) is 24.0 Å². The number of hydrogen-bond acceptors (Lipinski definition) is 3. The SMILES string of the molecule is CN=C(NCc1cccn1C)NCC(O)c1cnn(C)c1.I. The van der Waals surface area contributed by atoms with Crippen LogP contribution in [0.4, 0.5) is 0 Å². The molecule has 0 radical (unpaired) electrons. The first-order valence-electron chi connectivity index (χ1n) is 6.81. The molecular weight excluding hydrogens is 395 g/mol. The van der Waals surface area contributed by atoms with Gasteiger partial charge in [0.15, 0.2) is 5.96 Å². The predicted molar refractivity (Wildman–Crippen MR) is 97.2 cm³/mol. The Bertz CT molecular complexity index is 606. The van der Waals surface area contributed by atoms with Crippen LogP contribution in [0.25, 0.3) is 0 Å². The first-order chi connectivity index (χ1) is 10.1. The van der Waals surface area contributed by atoms with Gasteiger partial charge in [0.25, 0.3) is 0 Å². The van der Waals surface area contributed by atoms with Gasteiger partial charge in [-0.3, -0.25) is 9.67 Å². The van der Waals surface area contributed by atoms with E-state index in [1.54, 1.807) is 24.1 Å². The lowest BCUT2D eigenvalue weighted by molar-refractivity contribution is 0.180. The maximum absolute atomic E-state index is 10.1. The average molecular weight is 418 g/mol. The van der Waals surface area contributed by atoms with Crippen LogP contribution in [0.15, 0.2) is 35.7 Å². The molecule has 0 aliphatic carbocycles. The number of guanidine groups is 1. The quantitative estimate of drug-likeness (QED) is 0.381. The van der Waals surface area contributed by atoms with Crippen molar-refractivity contribution in [3.05, 3.63) is 42.0 Å². The molecule has 2 aromatic rings. The Morgan fingerprint density at radius 1 is 1.41 bits per heavy atom. The molecule has 0 spiro atoms. The fourth-order valence-corrected chi connectivity index (χ4v) is 2.00. The molecule has 22 heavy (non-hydrogen) atoms. The summed E-state index contributed by atoms with van der Waals surface area (Å²) in [5.41, 5.74) is 1.94. The van der Waals surface area contributed by atoms with Gasteiger partial charge >= 0.3 is 0 Å². The van der Waals surface area contributed by atoms with Crippen molar-refractivity contribution in [2.45, 2.75) is 12.6 Å². The minimum atomic E-state index is -0.618. The van der Waals surface area contributed by atoms with E-state index >= 15 is 0 Å². The summed E-state index contributed by atoms with van der Waals surface area (Å²) in [6.45, 7) is 1.05. The lowest BCUT2D eigenvalue weighted by atomic mass is 10.2. The Kier molecular flexibility index (Phi) is 7.39. The van der Waals surface area contributed by atoms with Crippen molar-refractivity contribution < 1.29 is 5.11 Å². The van der Waals surface area contributed by atoms with Crippen LogP contribution >= 0.6 is 24.0 Å². The zero-order valence-corrected chi connectivity index (χ0v) is 15.4. The van der Waals surface area contributed by atoms with Gasteiger partial charge in [0, 0.05) is 51.3 Å². The van der Waals surface area contributed by atoms with E-state index < -0.39 is 6.10 Å². The second-order valence-electron chi connectivity index (χ2n) is 4.88. The standard InChI is InChI=1S/C14H22N6O.HI/c1-15-14(16-8-12-5-4-6-19(12)2)17-9-13(21)11-7-18-20(3)10-11;/h4-7,10,13,21H,8-9H2,1-3H3,(H2,15,16,17);1H. The first-order valence-corrected chi connectivity index (χ1v) is 6.81. The van der Waals surface area contributed by atoms with Gasteiger partial charge in [0.1, 0.15) is 0 Å². The lowest BCUT2D eigenvalue weighted by Gasteiger charge is -2.14. The summed E-state index contributed by atoms with van der Waals surface area (Å²) in [6.07, 6.45) is 4.84. The summed E-state index contributed by atoms with van der Waals surface area (Å²) in [5, 5.41) is 20.4. The third-order valence-electron chi connectivity index (χ3n) is 3.28. The number of halogens is 1. The number of nitrogens with one attached hydrogen (secondary N) is 2. The second kappa shape index (κ2) is 8.79. The lowest BCUT2D eigenvalue weighted by Crippen LogP contribution is -2.39. The largest absolute Gasteiger partial charge is 0.386 e. The van der Waals surface area contributed by atoms with Gasteiger partial charge in [-0.05, 0) is 12.1 Å². The highest BCUT2D eigenvalue weighted by atomic mass is 127. The second-order valence-corrected chi connectivity index (χ2v) is 4.88. The van der Waals surface area contributed by atoms with Crippen LogP contribution in [0, 0.1) is 0 Å². The number of aromatic nitrogens is 3. The van der Waals surface area contributed by atoms with E-state index in [9.17, 15) is 5.11 Å². The highest BCUT2D eigenvalue weighted by molar-refractivity contribution is 14.0. The molecule has 2 rings (SSSR count). The number of aryl methyl sites for hydroxylation is 2. The van der Waals surface area contributed by atoms with Crippen molar-refractivity contribution in [1.29, 1.82) is 0 Å². The van der Waals surface area contributed by atoms with Crippen LogP contribution < -0.4 is 10.6 Å². The Morgan fingerprint density at radius 2 is 2.18 bits per heavy atom. The monoisotopic (exact) mass is 418 g/mol. The molecule has 2 aromatic heterocycles. The maximum Gasteiger partial charge on any atom is 0.191 e. The summed E-state index contributed by atoms with van der Waals surface area (Å²) >= 11 is 0. The number of nitrogens with zero attached hydrogens (tertiary/aromatic N) is 4. The molecular formula is C14H23IN6O. The van der Waals surface area contributed by atoms with Crippen LogP contribution in [-0.4, -0.2) is 39.0 Å². The summed E-state index contributed by atoms with van der Waals surface area (Å²) in [5.74, 6) is 0.652. The van der Waals surface area contributed by atoms with Crippen LogP contribution in [0.2, 0.25) is 0 Å². The van der Waals surface area contributed by atoms with E-state index in [4.69, 9.17) is 0 Å². The van der Waals surface area contributed by atoms with E-state index in [1.165, 1.54) is 0 Å². The molecule has 0 saturated heterocycles.